The molecule has 0 fully saturated rings. The fourth-order valence-electron chi connectivity index (χ4n) is 0.777. The number of thiazole rings is 1. The normalized spacial score (nSPS) is 12.1. The molecule has 0 spiro atoms. The van der Waals surface area contributed by atoms with Gasteiger partial charge >= 0.3 is 6.03 Å². The number of imide groups is 1. The first-order valence-electron chi connectivity index (χ1n) is 3.82. The van der Waals surface area contributed by atoms with E-state index in [1.54, 1.807) is 6.92 Å². The highest BCUT2D eigenvalue weighted by Gasteiger charge is 2.13. The van der Waals surface area contributed by atoms with Crippen LogP contribution in [0.3, 0.4) is 0 Å². The number of nitrogens with two attached hydrogens (primary N) is 2. The van der Waals surface area contributed by atoms with Crippen LogP contribution in [-0.4, -0.2) is 16.9 Å². The summed E-state index contributed by atoms with van der Waals surface area (Å²) in [4.78, 5) is 25.5. The molecule has 0 saturated heterocycles. The van der Waals surface area contributed by atoms with Gasteiger partial charge in [-0.15, -0.1) is 11.3 Å². The number of primary amides is 1. The van der Waals surface area contributed by atoms with Crippen molar-refractivity contribution in [2.45, 2.75) is 13.0 Å². The number of amides is 3. The van der Waals surface area contributed by atoms with Crippen molar-refractivity contribution in [3.8, 4) is 0 Å². The molecule has 1 unspecified atom stereocenters. The smallest absolute Gasteiger partial charge is 0.319 e. The molecule has 0 aliphatic carbocycles. The van der Waals surface area contributed by atoms with Crippen LogP contribution in [0.15, 0.2) is 5.38 Å². The van der Waals surface area contributed by atoms with E-state index in [1.807, 2.05) is 5.32 Å². The summed E-state index contributed by atoms with van der Waals surface area (Å²) in [5, 5.41) is 4.08. The molecule has 76 valence electrons. The molecule has 0 aliphatic rings. The molecule has 1 aromatic rings. The van der Waals surface area contributed by atoms with Crippen LogP contribution >= 0.6 is 11.3 Å². The zero-order valence-electron chi connectivity index (χ0n) is 7.48. The minimum Gasteiger partial charge on any atom is -0.351 e. The maximum atomic E-state index is 11.2. The molecule has 3 amide bonds. The Morgan fingerprint density at radius 3 is 2.71 bits per heavy atom. The third kappa shape index (κ3) is 2.51. The lowest BCUT2D eigenvalue weighted by Crippen LogP contribution is -2.35. The Morgan fingerprint density at radius 1 is 1.64 bits per heavy atom. The topological polar surface area (TPSA) is 111 Å². The Bertz CT molecular complexity index is 360. The van der Waals surface area contributed by atoms with Crippen molar-refractivity contribution in [2.24, 2.45) is 11.5 Å². The molecule has 1 heterocycles. The van der Waals surface area contributed by atoms with E-state index >= 15 is 0 Å². The lowest BCUT2D eigenvalue weighted by atomic mass is 10.4. The van der Waals surface area contributed by atoms with Gasteiger partial charge in [0.2, 0.25) is 0 Å². The van der Waals surface area contributed by atoms with E-state index in [0.717, 1.165) is 0 Å². The van der Waals surface area contributed by atoms with Gasteiger partial charge in [-0.2, -0.15) is 0 Å². The quantitative estimate of drug-likeness (QED) is 0.641. The number of aromatic nitrogens is 1. The average molecular weight is 214 g/mol. The van der Waals surface area contributed by atoms with E-state index < -0.39 is 11.9 Å². The maximum absolute atomic E-state index is 11.2. The molecule has 1 rings (SSSR count). The molecule has 1 atom stereocenters. The maximum Gasteiger partial charge on any atom is 0.319 e. The zero-order chi connectivity index (χ0) is 10.7. The second kappa shape index (κ2) is 4.16. The van der Waals surface area contributed by atoms with Gasteiger partial charge in [-0.05, 0) is 6.92 Å². The number of hydrogen-bond donors (Lipinski definition) is 3. The molecule has 1 aromatic heterocycles. The zero-order valence-corrected chi connectivity index (χ0v) is 8.30. The fourth-order valence-corrected chi connectivity index (χ4v) is 1.53. The lowest BCUT2D eigenvalue weighted by Gasteiger charge is -1.97. The number of hydrogen-bond acceptors (Lipinski definition) is 5. The third-order valence-corrected chi connectivity index (χ3v) is 2.43. The number of nitrogens with one attached hydrogen (secondary N) is 1. The first-order valence-corrected chi connectivity index (χ1v) is 4.70. The van der Waals surface area contributed by atoms with E-state index in [2.05, 4.69) is 4.98 Å². The molecule has 0 aromatic carbocycles. The molecule has 0 saturated carbocycles. The molecule has 14 heavy (non-hydrogen) atoms. The minimum atomic E-state index is -0.898. The SMILES string of the molecule is CC(N)c1nc(C(=O)NC(N)=O)cs1. The number of carbonyl (C=O) groups excluding carboxylic acids is 2. The van der Waals surface area contributed by atoms with Gasteiger partial charge in [-0.1, -0.05) is 0 Å². The summed E-state index contributed by atoms with van der Waals surface area (Å²) in [5.74, 6) is -0.611. The van der Waals surface area contributed by atoms with Gasteiger partial charge in [-0.3, -0.25) is 10.1 Å². The molecular formula is C7H10N4O2S. The molecule has 0 bridgehead atoms. The second-order valence-corrected chi connectivity index (χ2v) is 3.57. The average Bonchev–Trinajstić information content (AvgIpc) is 2.50. The van der Waals surface area contributed by atoms with E-state index in [-0.39, 0.29) is 11.7 Å². The van der Waals surface area contributed by atoms with Crippen LogP contribution in [0.2, 0.25) is 0 Å². The van der Waals surface area contributed by atoms with Crippen molar-refractivity contribution in [2.75, 3.05) is 0 Å². The summed E-state index contributed by atoms with van der Waals surface area (Å²) in [6, 6.07) is -1.12. The molecular weight excluding hydrogens is 204 g/mol. The van der Waals surface area contributed by atoms with Crippen LogP contribution in [-0.2, 0) is 0 Å². The Balaban J connectivity index is 2.76. The van der Waals surface area contributed by atoms with E-state index in [1.165, 1.54) is 16.7 Å². The highest BCUT2D eigenvalue weighted by Crippen LogP contribution is 2.15. The Kier molecular flexibility index (Phi) is 3.15. The minimum absolute atomic E-state index is 0.154. The van der Waals surface area contributed by atoms with Gasteiger partial charge in [0.15, 0.2) is 0 Å². The standard InChI is InChI=1S/C7H10N4O2S/c1-3(8)6-10-4(2-14-6)5(12)11-7(9)13/h2-3H,8H2,1H3,(H3,9,11,12,13). The van der Waals surface area contributed by atoms with Crippen LogP contribution in [0.1, 0.15) is 28.5 Å². The summed E-state index contributed by atoms with van der Waals surface area (Å²) in [6.45, 7) is 1.76. The molecule has 7 heteroatoms. The molecule has 0 radical (unpaired) electrons. The summed E-state index contributed by atoms with van der Waals surface area (Å²) >= 11 is 1.26. The molecule has 0 aliphatic heterocycles. The second-order valence-electron chi connectivity index (χ2n) is 2.68. The third-order valence-electron chi connectivity index (χ3n) is 1.38. The van der Waals surface area contributed by atoms with Crippen LogP contribution in [0.25, 0.3) is 0 Å². The Labute approximate surface area is 84.3 Å². The fraction of sp³-hybridized carbons (Fsp3) is 0.286. The van der Waals surface area contributed by atoms with Crippen LogP contribution in [0, 0.1) is 0 Å². The van der Waals surface area contributed by atoms with Gasteiger partial charge in [0.05, 0.1) is 6.04 Å². The van der Waals surface area contributed by atoms with Crippen molar-refractivity contribution in [1.82, 2.24) is 10.3 Å². The first kappa shape index (κ1) is 10.6. The van der Waals surface area contributed by atoms with Crippen LogP contribution in [0.5, 0.6) is 0 Å². The summed E-state index contributed by atoms with van der Waals surface area (Å²) in [6.07, 6.45) is 0. The number of nitrogens with zero attached hydrogens (tertiary/aromatic N) is 1. The molecule has 6 nitrogen and oxygen atoms in total. The molecule has 5 N–H and O–H groups in total. The van der Waals surface area contributed by atoms with E-state index in [0.29, 0.717) is 5.01 Å². The van der Waals surface area contributed by atoms with Gasteiger partial charge in [0, 0.05) is 5.38 Å². The summed E-state index contributed by atoms with van der Waals surface area (Å²) in [7, 11) is 0. The summed E-state index contributed by atoms with van der Waals surface area (Å²) in [5.41, 5.74) is 10.5. The largest absolute Gasteiger partial charge is 0.351 e. The first-order chi connectivity index (χ1) is 6.50. The van der Waals surface area contributed by atoms with Crippen molar-refractivity contribution < 1.29 is 9.59 Å². The van der Waals surface area contributed by atoms with Crippen molar-refractivity contribution in [3.63, 3.8) is 0 Å². The highest BCUT2D eigenvalue weighted by molar-refractivity contribution is 7.09. The highest BCUT2D eigenvalue weighted by atomic mass is 32.1. The van der Waals surface area contributed by atoms with Gasteiger partial charge in [0.1, 0.15) is 10.7 Å². The van der Waals surface area contributed by atoms with Gasteiger partial charge in [0.25, 0.3) is 5.91 Å². The van der Waals surface area contributed by atoms with Gasteiger partial charge in [-0.25, -0.2) is 9.78 Å². The lowest BCUT2D eigenvalue weighted by molar-refractivity contribution is 0.0962. The van der Waals surface area contributed by atoms with E-state index in [4.69, 9.17) is 11.5 Å². The number of urea groups is 1. The monoisotopic (exact) mass is 214 g/mol. The Morgan fingerprint density at radius 2 is 2.29 bits per heavy atom. The van der Waals surface area contributed by atoms with Crippen LogP contribution < -0.4 is 16.8 Å². The predicted octanol–water partition coefficient (Wildman–Crippen LogP) is -0.0287. The van der Waals surface area contributed by atoms with Crippen molar-refractivity contribution in [3.05, 3.63) is 16.1 Å². The Hall–Kier alpha value is -1.47. The van der Waals surface area contributed by atoms with Crippen molar-refractivity contribution in [1.29, 1.82) is 0 Å². The number of carbonyl (C=O) groups is 2. The van der Waals surface area contributed by atoms with Crippen LogP contribution in [0.4, 0.5) is 4.79 Å². The van der Waals surface area contributed by atoms with E-state index in [9.17, 15) is 9.59 Å². The van der Waals surface area contributed by atoms with Gasteiger partial charge < -0.3 is 11.5 Å². The number of rotatable bonds is 2. The van der Waals surface area contributed by atoms with Crippen molar-refractivity contribution >= 4 is 23.3 Å². The predicted molar refractivity (Wildman–Crippen MR) is 51.8 cm³/mol. The summed E-state index contributed by atoms with van der Waals surface area (Å²) < 4.78 is 0.